The quantitative estimate of drug-likeness (QED) is 0.408. The summed E-state index contributed by atoms with van der Waals surface area (Å²) in [5, 5.41) is 0. The number of carbonyl (C=O) groups is 2. The lowest BCUT2D eigenvalue weighted by Crippen LogP contribution is -2.18. The van der Waals surface area contributed by atoms with Crippen molar-refractivity contribution in [2.75, 3.05) is 19.5 Å². The van der Waals surface area contributed by atoms with Gasteiger partial charge in [0.15, 0.2) is 6.61 Å². The molecular weight excluding hydrogens is 362 g/mol. The number of ether oxygens (including phenoxy) is 2. The highest BCUT2D eigenvalue weighted by molar-refractivity contribution is 7.98. The third kappa shape index (κ3) is 4.45. The predicted molar refractivity (Wildman–Crippen MR) is 106 cm³/mol. The SMILES string of the molecule is CSc1ccccc1C(=O)OCC(=O)c1cc(C)n(C[C@H]2CCCO2)c1C. The third-order valence-electron chi connectivity index (χ3n) is 4.95. The number of hydrogen-bond acceptors (Lipinski definition) is 5. The van der Waals surface area contributed by atoms with E-state index in [1.165, 1.54) is 11.8 Å². The van der Waals surface area contributed by atoms with Gasteiger partial charge in [0.25, 0.3) is 0 Å². The molecule has 1 aromatic heterocycles. The Morgan fingerprint density at radius 2 is 2.04 bits per heavy atom. The zero-order valence-corrected chi connectivity index (χ0v) is 16.8. The maximum absolute atomic E-state index is 12.6. The van der Waals surface area contributed by atoms with Gasteiger partial charge in [0.05, 0.1) is 11.7 Å². The lowest BCUT2D eigenvalue weighted by Gasteiger charge is -2.14. The van der Waals surface area contributed by atoms with Crippen molar-refractivity contribution >= 4 is 23.5 Å². The van der Waals surface area contributed by atoms with Crippen molar-refractivity contribution in [2.45, 2.75) is 44.2 Å². The van der Waals surface area contributed by atoms with Gasteiger partial charge in [-0.3, -0.25) is 4.79 Å². The molecule has 0 unspecified atom stereocenters. The van der Waals surface area contributed by atoms with Crippen molar-refractivity contribution < 1.29 is 19.1 Å². The molecule has 1 atom stereocenters. The summed E-state index contributed by atoms with van der Waals surface area (Å²) in [6.07, 6.45) is 4.25. The van der Waals surface area contributed by atoms with Crippen molar-refractivity contribution in [1.29, 1.82) is 0 Å². The largest absolute Gasteiger partial charge is 0.454 e. The Labute approximate surface area is 164 Å². The van der Waals surface area contributed by atoms with Crippen molar-refractivity contribution in [3.05, 3.63) is 52.8 Å². The van der Waals surface area contributed by atoms with Gasteiger partial charge < -0.3 is 14.0 Å². The Morgan fingerprint density at radius 3 is 2.74 bits per heavy atom. The molecule has 27 heavy (non-hydrogen) atoms. The van der Waals surface area contributed by atoms with Crippen molar-refractivity contribution in [2.24, 2.45) is 0 Å². The van der Waals surface area contributed by atoms with E-state index in [1.54, 1.807) is 12.1 Å². The normalized spacial score (nSPS) is 16.5. The molecule has 1 aliphatic heterocycles. The number of aromatic nitrogens is 1. The fraction of sp³-hybridized carbons (Fsp3) is 0.429. The van der Waals surface area contributed by atoms with Gasteiger partial charge in [0.1, 0.15) is 0 Å². The molecule has 2 heterocycles. The van der Waals surface area contributed by atoms with E-state index in [0.717, 1.165) is 42.3 Å². The Morgan fingerprint density at radius 1 is 1.26 bits per heavy atom. The number of Topliss-reactive ketones (excluding diaryl/α,β-unsaturated/α-hetero) is 1. The number of nitrogens with zero attached hydrogens (tertiary/aromatic N) is 1. The van der Waals surface area contributed by atoms with Gasteiger partial charge >= 0.3 is 5.97 Å². The van der Waals surface area contributed by atoms with Crippen LogP contribution in [-0.2, 0) is 16.0 Å². The van der Waals surface area contributed by atoms with Crippen LogP contribution in [-0.4, -0.2) is 41.9 Å². The first-order valence-corrected chi connectivity index (χ1v) is 10.4. The van der Waals surface area contributed by atoms with Crippen LogP contribution in [0.4, 0.5) is 0 Å². The fourth-order valence-electron chi connectivity index (χ4n) is 3.46. The summed E-state index contributed by atoms with van der Waals surface area (Å²) < 4.78 is 13.1. The number of hydrogen-bond donors (Lipinski definition) is 0. The Kier molecular flexibility index (Phi) is 6.39. The summed E-state index contributed by atoms with van der Waals surface area (Å²) in [4.78, 5) is 25.8. The lowest BCUT2D eigenvalue weighted by molar-refractivity contribution is 0.0471. The van der Waals surface area contributed by atoms with Gasteiger partial charge in [-0.2, -0.15) is 0 Å². The summed E-state index contributed by atoms with van der Waals surface area (Å²) >= 11 is 1.48. The third-order valence-corrected chi connectivity index (χ3v) is 5.74. The minimum absolute atomic E-state index is 0.184. The minimum atomic E-state index is -0.471. The van der Waals surface area contributed by atoms with Gasteiger partial charge in [0.2, 0.25) is 5.78 Å². The summed E-state index contributed by atoms with van der Waals surface area (Å²) in [7, 11) is 0. The van der Waals surface area contributed by atoms with Crippen molar-refractivity contribution in [3.63, 3.8) is 0 Å². The van der Waals surface area contributed by atoms with Crippen LogP contribution in [0, 0.1) is 13.8 Å². The molecule has 144 valence electrons. The Balaban J connectivity index is 1.66. The Hall–Kier alpha value is -2.05. The van der Waals surface area contributed by atoms with E-state index in [4.69, 9.17) is 9.47 Å². The molecule has 0 amide bonds. The van der Waals surface area contributed by atoms with E-state index in [9.17, 15) is 9.59 Å². The second-order valence-corrected chi connectivity index (χ2v) is 7.58. The van der Waals surface area contributed by atoms with Crippen LogP contribution in [0.25, 0.3) is 0 Å². The topological polar surface area (TPSA) is 57.5 Å². The van der Waals surface area contributed by atoms with E-state index < -0.39 is 5.97 Å². The van der Waals surface area contributed by atoms with E-state index >= 15 is 0 Å². The summed E-state index contributed by atoms with van der Waals surface area (Å²) in [6.45, 7) is 5.22. The van der Waals surface area contributed by atoms with Crippen LogP contribution >= 0.6 is 11.8 Å². The van der Waals surface area contributed by atoms with Crippen LogP contribution in [0.3, 0.4) is 0 Å². The van der Waals surface area contributed by atoms with Crippen molar-refractivity contribution in [3.8, 4) is 0 Å². The summed E-state index contributed by atoms with van der Waals surface area (Å²) in [5.41, 5.74) is 3.01. The lowest BCUT2D eigenvalue weighted by atomic mass is 10.1. The zero-order valence-electron chi connectivity index (χ0n) is 16.0. The van der Waals surface area contributed by atoms with Crippen LogP contribution in [0.2, 0.25) is 0 Å². The van der Waals surface area contributed by atoms with Crippen LogP contribution in [0.15, 0.2) is 35.2 Å². The van der Waals surface area contributed by atoms with Gasteiger partial charge in [-0.25, -0.2) is 4.79 Å². The van der Waals surface area contributed by atoms with Crippen LogP contribution in [0.5, 0.6) is 0 Å². The smallest absolute Gasteiger partial charge is 0.339 e. The average Bonchev–Trinajstić information content (AvgIpc) is 3.29. The van der Waals surface area contributed by atoms with Gasteiger partial charge in [0, 0.05) is 35.0 Å². The average molecular weight is 388 g/mol. The monoisotopic (exact) mass is 387 g/mol. The van der Waals surface area contributed by atoms with Crippen molar-refractivity contribution in [1.82, 2.24) is 4.57 Å². The molecule has 0 bridgehead atoms. The van der Waals surface area contributed by atoms with Gasteiger partial charge in [-0.1, -0.05) is 12.1 Å². The van der Waals surface area contributed by atoms with Gasteiger partial charge in [-0.15, -0.1) is 11.8 Å². The van der Waals surface area contributed by atoms with Crippen LogP contribution in [0.1, 0.15) is 44.9 Å². The molecule has 5 nitrogen and oxygen atoms in total. The first kappa shape index (κ1) is 19.7. The maximum atomic E-state index is 12.6. The molecule has 6 heteroatoms. The highest BCUT2D eigenvalue weighted by Gasteiger charge is 2.22. The molecule has 0 saturated carbocycles. The number of aryl methyl sites for hydroxylation is 1. The number of thioether (sulfide) groups is 1. The Bertz CT molecular complexity index is 837. The molecule has 1 aromatic carbocycles. The molecule has 0 aliphatic carbocycles. The number of benzene rings is 1. The molecule has 0 N–H and O–H groups in total. The maximum Gasteiger partial charge on any atom is 0.339 e. The molecule has 1 aliphatic rings. The summed E-state index contributed by atoms with van der Waals surface area (Å²) in [6, 6.07) is 9.11. The second kappa shape index (κ2) is 8.76. The van der Waals surface area contributed by atoms with E-state index in [1.807, 2.05) is 38.3 Å². The number of ketones is 1. The molecule has 1 saturated heterocycles. The number of carbonyl (C=O) groups excluding carboxylic acids is 2. The first-order valence-electron chi connectivity index (χ1n) is 9.13. The van der Waals surface area contributed by atoms with Crippen LogP contribution < -0.4 is 0 Å². The highest BCUT2D eigenvalue weighted by atomic mass is 32.2. The first-order chi connectivity index (χ1) is 13.0. The molecule has 1 fully saturated rings. The molecular formula is C21H25NO4S. The van der Waals surface area contributed by atoms with E-state index in [-0.39, 0.29) is 18.5 Å². The molecule has 0 spiro atoms. The number of rotatable bonds is 7. The zero-order chi connectivity index (χ0) is 19.4. The van der Waals surface area contributed by atoms with Gasteiger partial charge in [-0.05, 0) is 51.1 Å². The molecule has 0 radical (unpaired) electrons. The molecule has 3 rings (SSSR count). The van der Waals surface area contributed by atoms with E-state index in [0.29, 0.717) is 11.1 Å². The molecule has 2 aromatic rings. The standard InChI is InChI=1S/C21H25NO4S/c1-14-11-18(15(2)22(14)12-16-7-6-10-25-16)19(23)13-26-21(24)17-8-4-5-9-20(17)27-3/h4-5,8-9,11,16H,6-7,10,12-13H2,1-3H3/t16-/m1/s1. The number of esters is 1. The second-order valence-electron chi connectivity index (χ2n) is 6.73. The highest BCUT2D eigenvalue weighted by Crippen LogP contribution is 2.22. The predicted octanol–water partition coefficient (Wildman–Crippen LogP) is 4.05. The minimum Gasteiger partial charge on any atom is -0.454 e. The fourth-order valence-corrected chi connectivity index (χ4v) is 4.04. The van der Waals surface area contributed by atoms with E-state index in [2.05, 4.69) is 4.57 Å². The summed E-state index contributed by atoms with van der Waals surface area (Å²) in [5.74, 6) is -0.655.